The van der Waals surface area contributed by atoms with E-state index in [4.69, 9.17) is 10.5 Å². The van der Waals surface area contributed by atoms with Crippen molar-refractivity contribution in [3.8, 4) is 5.88 Å². The van der Waals surface area contributed by atoms with Crippen LogP contribution in [0.1, 0.15) is 40.5 Å². The normalized spacial score (nSPS) is 11.3. The van der Waals surface area contributed by atoms with Gasteiger partial charge in [-0.25, -0.2) is 4.98 Å². The van der Waals surface area contributed by atoms with Crippen LogP contribution < -0.4 is 15.8 Å². The van der Waals surface area contributed by atoms with Gasteiger partial charge in [-0.15, -0.1) is 0 Å². The van der Waals surface area contributed by atoms with Gasteiger partial charge in [-0.3, -0.25) is 0 Å². The number of hydrogen-bond acceptors (Lipinski definition) is 5. The van der Waals surface area contributed by atoms with E-state index in [0.717, 1.165) is 12.8 Å². The minimum atomic E-state index is -0.00798. The van der Waals surface area contributed by atoms with E-state index >= 15 is 0 Å². The minimum Gasteiger partial charge on any atom is -0.476 e. The van der Waals surface area contributed by atoms with Crippen LogP contribution in [0.5, 0.6) is 5.88 Å². The maximum absolute atomic E-state index is 5.97. The molecule has 1 aromatic heterocycles. The van der Waals surface area contributed by atoms with E-state index in [0.29, 0.717) is 24.0 Å². The lowest BCUT2D eigenvalue weighted by Gasteiger charge is -2.29. The fraction of sp³-hybridized carbons (Fsp3) is 0.667. The molecule has 0 aliphatic carbocycles. The number of aromatic nitrogens is 2. The fourth-order valence-electron chi connectivity index (χ4n) is 1.44. The van der Waals surface area contributed by atoms with Crippen LogP contribution >= 0.6 is 0 Å². The van der Waals surface area contributed by atoms with Gasteiger partial charge in [-0.2, -0.15) is 4.98 Å². The number of ether oxygens (including phenoxy) is 1. The van der Waals surface area contributed by atoms with Crippen LogP contribution in [0.3, 0.4) is 0 Å². The molecule has 3 N–H and O–H groups in total. The Balaban J connectivity index is 2.95. The Bertz CT molecular complexity index is 364. The Morgan fingerprint density at radius 1 is 1.29 bits per heavy atom. The van der Waals surface area contributed by atoms with Crippen molar-refractivity contribution in [1.29, 1.82) is 0 Å². The summed E-state index contributed by atoms with van der Waals surface area (Å²) >= 11 is 0. The SMILES string of the molecule is CCOc1ncnc(NC(C)(CC)CC)c1N. The van der Waals surface area contributed by atoms with Gasteiger partial charge in [0.1, 0.15) is 12.0 Å². The monoisotopic (exact) mass is 238 g/mol. The number of anilines is 2. The molecule has 1 rings (SSSR count). The molecule has 0 saturated carbocycles. The molecule has 0 atom stereocenters. The minimum absolute atomic E-state index is 0.00798. The first-order valence-corrected chi connectivity index (χ1v) is 6.07. The highest BCUT2D eigenvalue weighted by atomic mass is 16.5. The summed E-state index contributed by atoms with van der Waals surface area (Å²) in [5.74, 6) is 1.09. The molecule has 0 radical (unpaired) electrons. The Labute approximate surface area is 103 Å². The second-order valence-corrected chi connectivity index (χ2v) is 4.27. The summed E-state index contributed by atoms with van der Waals surface area (Å²) in [7, 11) is 0. The van der Waals surface area contributed by atoms with E-state index in [1.165, 1.54) is 6.33 Å². The average Bonchev–Trinajstić information content (AvgIpc) is 2.34. The maximum atomic E-state index is 5.97. The predicted octanol–water partition coefficient (Wildman–Crippen LogP) is 2.45. The van der Waals surface area contributed by atoms with Crippen LogP contribution in [-0.4, -0.2) is 22.1 Å². The molecule has 0 amide bonds. The van der Waals surface area contributed by atoms with Crippen LogP contribution in [0.4, 0.5) is 11.5 Å². The summed E-state index contributed by atoms with van der Waals surface area (Å²) in [6.45, 7) is 8.86. The van der Waals surface area contributed by atoms with Crippen molar-refractivity contribution >= 4 is 11.5 Å². The van der Waals surface area contributed by atoms with E-state index in [9.17, 15) is 0 Å². The summed E-state index contributed by atoms with van der Waals surface area (Å²) in [4.78, 5) is 8.19. The molecular weight excluding hydrogens is 216 g/mol. The number of nitrogens with two attached hydrogens (primary N) is 1. The van der Waals surface area contributed by atoms with Crippen LogP contribution in [0, 0.1) is 0 Å². The van der Waals surface area contributed by atoms with Gasteiger partial charge >= 0.3 is 0 Å². The Morgan fingerprint density at radius 2 is 1.94 bits per heavy atom. The van der Waals surface area contributed by atoms with Gasteiger partial charge in [0.15, 0.2) is 5.82 Å². The van der Waals surface area contributed by atoms with Gasteiger partial charge in [0.05, 0.1) is 6.61 Å². The van der Waals surface area contributed by atoms with Gasteiger partial charge < -0.3 is 15.8 Å². The fourth-order valence-corrected chi connectivity index (χ4v) is 1.44. The molecule has 0 spiro atoms. The van der Waals surface area contributed by atoms with E-state index in [2.05, 4.69) is 36.1 Å². The molecule has 96 valence electrons. The number of rotatable bonds is 6. The maximum Gasteiger partial charge on any atom is 0.242 e. The zero-order chi connectivity index (χ0) is 12.9. The van der Waals surface area contributed by atoms with Crippen LogP contribution in [-0.2, 0) is 0 Å². The highest BCUT2D eigenvalue weighted by Crippen LogP contribution is 2.28. The first-order valence-electron chi connectivity index (χ1n) is 6.07. The van der Waals surface area contributed by atoms with Crippen molar-refractivity contribution in [2.75, 3.05) is 17.7 Å². The first-order chi connectivity index (χ1) is 8.06. The third kappa shape index (κ3) is 3.22. The highest BCUT2D eigenvalue weighted by molar-refractivity contribution is 5.67. The Hall–Kier alpha value is -1.52. The smallest absolute Gasteiger partial charge is 0.242 e. The van der Waals surface area contributed by atoms with E-state index in [-0.39, 0.29) is 5.54 Å². The van der Waals surface area contributed by atoms with Gasteiger partial charge in [0, 0.05) is 5.54 Å². The molecule has 0 aliphatic heterocycles. The molecule has 0 aromatic carbocycles. The molecule has 1 aromatic rings. The lowest BCUT2D eigenvalue weighted by Crippen LogP contribution is -2.33. The molecule has 5 heteroatoms. The third-order valence-electron chi connectivity index (χ3n) is 3.11. The van der Waals surface area contributed by atoms with Crippen molar-refractivity contribution in [1.82, 2.24) is 9.97 Å². The summed E-state index contributed by atoms with van der Waals surface area (Å²) in [6, 6.07) is 0. The average molecular weight is 238 g/mol. The van der Waals surface area contributed by atoms with E-state index in [1.807, 2.05) is 6.92 Å². The van der Waals surface area contributed by atoms with E-state index in [1.54, 1.807) is 0 Å². The van der Waals surface area contributed by atoms with E-state index < -0.39 is 0 Å². The standard InChI is InChI=1S/C12H22N4O/c1-5-12(4,6-2)16-10-9(13)11(17-7-3)15-8-14-10/h8H,5-7,13H2,1-4H3,(H,14,15,16). The molecule has 17 heavy (non-hydrogen) atoms. The Morgan fingerprint density at radius 3 is 2.47 bits per heavy atom. The van der Waals surface area contributed by atoms with Crippen LogP contribution in [0.15, 0.2) is 6.33 Å². The topological polar surface area (TPSA) is 73.1 Å². The largest absolute Gasteiger partial charge is 0.476 e. The lowest BCUT2D eigenvalue weighted by atomic mass is 9.95. The second kappa shape index (κ2) is 5.70. The zero-order valence-electron chi connectivity index (χ0n) is 11.1. The van der Waals surface area contributed by atoms with Gasteiger partial charge in [-0.05, 0) is 26.7 Å². The van der Waals surface area contributed by atoms with Crippen molar-refractivity contribution in [3.63, 3.8) is 0 Å². The third-order valence-corrected chi connectivity index (χ3v) is 3.11. The molecule has 0 aliphatic rings. The van der Waals surface area contributed by atoms with Crippen molar-refractivity contribution in [3.05, 3.63) is 6.33 Å². The van der Waals surface area contributed by atoms with Gasteiger partial charge in [0.2, 0.25) is 5.88 Å². The van der Waals surface area contributed by atoms with Crippen molar-refractivity contribution in [2.24, 2.45) is 0 Å². The lowest BCUT2D eigenvalue weighted by molar-refractivity contribution is 0.328. The summed E-state index contributed by atoms with van der Waals surface area (Å²) in [5, 5.41) is 3.37. The molecule has 0 unspecified atom stereocenters. The number of nitrogens with zero attached hydrogens (tertiary/aromatic N) is 2. The Kier molecular flexibility index (Phi) is 4.54. The first kappa shape index (κ1) is 13.5. The van der Waals surface area contributed by atoms with Crippen molar-refractivity contribution < 1.29 is 4.74 Å². The molecule has 1 heterocycles. The second-order valence-electron chi connectivity index (χ2n) is 4.27. The van der Waals surface area contributed by atoms with Crippen molar-refractivity contribution in [2.45, 2.75) is 46.1 Å². The molecule has 0 fully saturated rings. The van der Waals surface area contributed by atoms with Gasteiger partial charge in [-0.1, -0.05) is 13.8 Å². The molecular formula is C12H22N4O. The number of nitrogens with one attached hydrogen (secondary N) is 1. The zero-order valence-corrected chi connectivity index (χ0v) is 11.1. The predicted molar refractivity (Wildman–Crippen MR) is 70.2 cm³/mol. The summed E-state index contributed by atoms with van der Waals surface area (Å²) < 4.78 is 5.34. The molecule has 0 bridgehead atoms. The molecule has 5 nitrogen and oxygen atoms in total. The van der Waals surface area contributed by atoms with Crippen LogP contribution in [0.2, 0.25) is 0 Å². The van der Waals surface area contributed by atoms with Gasteiger partial charge in [0.25, 0.3) is 0 Å². The number of hydrogen-bond donors (Lipinski definition) is 2. The summed E-state index contributed by atoms with van der Waals surface area (Å²) in [6.07, 6.45) is 3.46. The van der Waals surface area contributed by atoms with Crippen LogP contribution in [0.25, 0.3) is 0 Å². The molecule has 0 saturated heterocycles. The highest BCUT2D eigenvalue weighted by Gasteiger charge is 2.21. The quantitative estimate of drug-likeness (QED) is 0.796. The summed E-state index contributed by atoms with van der Waals surface area (Å²) in [5.41, 5.74) is 6.44. The number of nitrogen functional groups attached to an aromatic ring is 1.